The van der Waals surface area contributed by atoms with E-state index in [2.05, 4.69) is 47.6 Å². The maximum Gasteiger partial charge on any atom is 0.306 e. The molecule has 3 saturated carbocycles. The summed E-state index contributed by atoms with van der Waals surface area (Å²) >= 11 is 0. The Kier molecular flexibility index (Phi) is 10.1. The zero-order chi connectivity index (χ0) is 27.5. The van der Waals surface area contributed by atoms with Crippen molar-refractivity contribution in [3.05, 3.63) is 11.6 Å². The Labute approximate surface area is 235 Å². The summed E-state index contributed by atoms with van der Waals surface area (Å²) in [7, 11) is 0. The second kappa shape index (κ2) is 12.8. The van der Waals surface area contributed by atoms with Crippen molar-refractivity contribution in [3.63, 3.8) is 0 Å². The first-order valence-electron chi connectivity index (χ1n) is 16.7. The standard InChI is InChI=1S/C35H60O3/c1-7-8-9-10-11-12-33(37)38-27-19-21-34(5)26(23-27)14-15-28-30-17-16-29(35(30,6)22-20-31(28)34)25(4)13-18-32(36)24(2)3/h14,24-25,27-32,36H,7-13,15-23H2,1-6H3/t25-,27?,28+,29-,30+,31+,32?,34+,35-/m1/s1. The first kappa shape index (κ1) is 30.1. The molecule has 1 N–H and O–H groups in total. The quantitative estimate of drug-likeness (QED) is 0.156. The van der Waals surface area contributed by atoms with E-state index in [4.69, 9.17) is 4.74 Å². The molecular weight excluding hydrogens is 468 g/mol. The minimum atomic E-state index is -0.153. The molecule has 0 radical (unpaired) electrons. The average molecular weight is 529 g/mol. The molecule has 2 unspecified atom stereocenters. The van der Waals surface area contributed by atoms with Crippen molar-refractivity contribution in [3.8, 4) is 0 Å². The lowest BCUT2D eigenvalue weighted by Crippen LogP contribution is -2.51. The highest BCUT2D eigenvalue weighted by Gasteiger charge is 2.59. The third-order valence-corrected chi connectivity index (χ3v) is 12.3. The van der Waals surface area contributed by atoms with Crippen molar-refractivity contribution >= 4 is 5.97 Å². The van der Waals surface area contributed by atoms with Gasteiger partial charge in [-0.2, -0.15) is 0 Å². The first-order valence-corrected chi connectivity index (χ1v) is 16.7. The van der Waals surface area contributed by atoms with Crippen LogP contribution in [0.15, 0.2) is 11.6 Å². The van der Waals surface area contributed by atoms with E-state index in [9.17, 15) is 9.90 Å². The lowest BCUT2D eigenvalue weighted by atomic mass is 9.47. The highest BCUT2D eigenvalue weighted by atomic mass is 16.5. The summed E-state index contributed by atoms with van der Waals surface area (Å²) in [5.41, 5.74) is 2.38. The topological polar surface area (TPSA) is 46.5 Å². The van der Waals surface area contributed by atoms with E-state index in [1.54, 1.807) is 5.57 Å². The van der Waals surface area contributed by atoms with Crippen molar-refractivity contribution in [2.45, 2.75) is 156 Å². The number of hydrogen-bond donors (Lipinski definition) is 1. The average Bonchev–Trinajstić information content (AvgIpc) is 3.24. The van der Waals surface area contributed by atoms with Crippen LogP contribution in [0.3, 0.4) is 0 Å². The largest absolute Gasteiger partial charge is 0.462 e. The molecule has 0 aromatic carbocycles. The normalized spacial score (nSPS) is 38.1. The zero-order valence-electron chi connectivity index (χ0n) is 25.8. The van der Waals surface area contributed by atoms with E-state index in [0.717, 1.165) is 55.8 Å². The van der Waals surface area contributed by atoms with Crippen LogP contribution in [0.25, 0.3) is 0 Å². The van der Waals surface area contributed by atoms with Gasteiger partial charge in [0, 0.05) is 12.8 Å². The van der Waals surface area contributed by atoms with Gasteiger partial charge in [0.05, 0.1) is 6.10 Å². The number of esters is 1. The molecule has 0 amide bonds. The lowest BCUT2D eigenvalue weighted by Gasteiger charge is -2.58. The van der Waals surface area contributed by atoms with Gasteiger partial charge in [-0.05, 0) is 111 Å². The van der Waals surface area contributed by atoms with Gasteiger partial charge in [0.25, 0.3) is 0 Å². The highest BCUT2D eigenvalue weighted by Crippen LogP contribution is 2.67. The molecule has 0 heterocycles. The van der Waals surface area contributed by atoms with Crippen LogP contribution in [0.1, 0.15) is 144 Å². The van der Waals surface area contributed by atoms with Gasteiger partial charge in [0.15, 0.2) is 0 Å². The molecule has 3 nitrogen and oxygen atoms in total. The number of fused-ring (bicyclic) bond motifs is 5. The van der Waals surface area contributed by atoms with Gasteiger partial charge in [-0.3, -0.25) is 4.79 Å². The van der Waals surface area contributed by atoms with Crippen LogP contribution in [0, 0.1) is 46.3 Å². The Bertz CT molecular complexity index is 816. The number of unbranched alkanes of at least 4 members (excludes halogenated alkanes) is 4. The van der Waals surface area contributed by atoms with Gasteiger partial charge < -0.3 is 9.84 Å². The molecule has 0 aliphatic heterocycles. The Morgan fingerprint density at radius 3 is 2.50 bits per heavy atom. The summed E-state index contributed by atoms with van der Waals surface area (Å²) < 4.78 is 6.01. The van der Waals surface area contributed by atoms with Gasteiger partial charge >= 0.3 is 5.97 Å². The van der Waals surface area contributed by atoms with Crippen molar-refractivity contribution in [2.75, 3.05) is 0 Å². The Morgan fingerprint density at radius 2 is 1.76 bits per heavy atom. The van der Waals surface area contributed by atoms with Gasteiger partial charge in [-0.1, -0.05) is 78.9 Å². The maximum absolute atomic E-state index is 12.5. The van der Waals surface area contributed by atoms with E-state index in [1.165, 1.54) is 64.2 Å². The third-order valence-electron chi connectivity index (χ3n) is 12.3. The summed E-state index contributed by atoms with van der Waals surface area (Å²) in [6.07, 6.45) is 21.1. The number of hydrogen-bond acceptors (Lipinski definition) is 3. The summed E-state index contributed by atoms with van der Waals surface area (Å²) in [4.78, 5) is 12.5. The number of ether oxygens (including phenoxy) is 1. The van der Waals surface area contributed by atoms with Crippen LogP contribution in [-0.2, 0) is 9.53 Å². The molecule has 0 aromatic rings. The van der Waals surface area contributed by atoms with Crippen LogP contribution < -0.4 is 0 Å². The summed E-state index contributed by atoms with van der Waals surface area (Å²) in [5.74, 6) is 4.38. The number of rotatable bonds is 12. The number of carbonyl (C=O) groups excluding carboxylic acids is 1. The molecule has 218 valence electrons. The molecule has 4 rings (SSSR count). The predicted molar refractivity (Wildman–Crippen MR) is 158 cm³/mol. The zero-order valence-corrected chi connectivity index (χ0v) is 25.8. The summed E-state index contributed by atoms with van der Waals surface area (Å²) in [6, 6.07) is 0. The van der Waals surface area contributed by atoms with Crippen LogP contribution >= 0.6 is 0 Å². The monoisotopic (exact) mass is 528 g/mol. The maximum atomic E-state index is 12.5. The van der Waals surface area contributed by atoms with Gasteiger partial charge in [-0.15, -0.1) is 0 Å². The molecule has 4 aliphatic carbocycles. The molecule has 3 heteroatoms. The first-order chi connectivity index (χ1) is 18.1. The van der Waals surface area contributed by atoms with E-state index in [1.807, 2.05) is 0 Å². The lowest BCUT2D eigenvalue weighted by molar-refractivity contribution is -0.151. The fourth-order valence-corrected chi connectivity index (χ4v) is 9.79. The highest BCUT2D eigenvalue weighted by molar-refractivity contribution is 5.69. The molecule has 0 spiro atoms. The predicted octanol–water partition coefficient (Wildman–Crippen LogP) is 9.27. The fraction of sp³-hybridized carbons (Fsp3) is 0.914. The molecule has 0 aromatic heterocycles. The van der Waals surface area contributed by atoms with Gasteiger partial charge in [0.2, 0.25) is 0 Å². The molecule has 0 saturated heterocycles. The van der Waals surface area contributed by atoms with E-state index < -0.39 is 0 Å². The van der Waals surface area contributed by atoms with Crippen LogP contribution in [0.4, 0.5) is 0 Å². The Balaban J connectivity index is 1.34. The second-order valence-electron chi connectivity index (χ2n) is 14.9. The fourth-order valence-electron chi connectivity index (χ4n) is 9.79. The summed E-state index contributed by atoms with van der Waals surface area (Å²) in [5, 5.41) is 10.4. The molecule has 4 aliphatic rings. The molecule has 0 bridgehead atoms. The van der Waals surface area contributed by atoms with Crippen molar-refractivity contribution in [2.24, 2.45) is 46.3 Å². The van der Waals surface area contributed by atoms with E-state index >= 15 is 0 Å². The minimum Gasteiger partial charge on any atom is -0.462 e. The summed E-state index contributed by atoms with van der Waals surface area (Å²) in [6.45, 7) is 14.2. The van der Waals surface area contributed by atoms with E-state index in [0.29, 0.717) is 29.1 Å². The van der Waals surface area contributed by atoms with Crippen molar-refractivity contribution < 1.29 is 14.6 Å². The van der Waals surface area contributed by atoms with Gasteiger partial charge in [0.1, 0.15) is 6.10 Å². The Morgan fingerprint density at radius 1 is 1.00 bits per heavy atom. The minimum absolute atomic E-state index is 0.0323. The van der Waals surface area contributed by atoms with E-state index in [-0.39, 0.29) is 18.2 Å². The van der Waals surface area contributed by atoms with Gasteiger partial charge in [-0.25, -0.2) is 0 Å². The van der Waals surface area contributed by atoms with Crippen LogP contribution in [0.2, 0.25) is 0 Å². The van der Waals surface area contributed by atoms with Crippen LogP contribution in [-0.4, -0.2) is 23.3 Å². The number of carbonyl (C=O) groups is 1. The molecule has 38 heavy (non-hydrogen) atoms. The molecule has 9 atom stereocenters. The second-order valence-corrected chi connectivity index (χ2v) is 14.9. The number of aliphatic hydroxyl groups is 1. The third kappa shape index (κ3) is 6.23. The van der Waals surface area contributed by atoms with Crippen molar-refractivity contribution in [1.29, 1.82) is 0 Å². The number of allylic oxidation sites excluding steroid dienone is 1. The SMILES string of the molecule is CCCCCCCC(=O)OC1CC[C@@]2(C)C(=CC[C@H]3[C@@H]4CC[C@H]([C@H](C)CCC(O)C(C)C)[C@@]4(C)CC[C@@H]32)C1. The van der Waals surface area contributed by atoms with Crippen LogP contribution in [0.5, 0.6) is 0 Å². The van der Waals surface area contributed by atoms with Crippen molar-refractivity contribution in [1.82, 2.24) is 0 Å². The molecule has 3 fully saturated rings. The smallest absolute Gasteiger partial charge is 0.306 e. The molecular formula is C35H60O3. The number of aliphatic hydroxyl groups excluding tert-OH is 1. The Hall–Kier alpha value is -0.830.